The second kappa shape index (κ2) is 4.57. The molecule has 2 unspecified atom stereocenters. The largest absolute Gasteiger partial charge is 0.469 e. The Labute approximate surface area is 100 Å². The van der Waals surface area contributed by atoms with E-state index in [9.17, 15) is 4.79 Å². The van der Waals surface area contributed by atoms with Crippen molar-refractivity contribution in [1.29, 1.82) is 0 Å². The van der Waals surface area contributed by atoms with Gasteiger partial charge in [-0.05, 0) is 19.9 Å². The van der Waals surface area contributed by atoms with Crippen LogP contribution in [0, 0.1) is 5.92 Å². The van der Waals surface area contributed by atoms with Crippen molar-refractivity contribution in [1.82, 2.24) is 9.78 Å². The molecule has 0 aliphatic carbocycles. The van der Waals surface area contributed by atoms with Gasteiger partial charge in [-0.2, -0.15) is 5.10 Å². The van der Waals surface area contributed by atoms with E-state index < -0.39 is 0 Å². The first-order chi connectivity index (χ1) is 8.15. The number of hydrogen-bond acceptors (Lipinski definition) is 3. The van der Waals surface area contributed by atoms with Gasteiger partial charge in [0.25, 0.3) is 0 Å². The summed E-state index contributed by atoms with van der Waals surface area (Å²) >= 11 is 0. The lowest BCUT2D eigenvalue weighted by atomic mass is 10.0. The van der Waals surface area contributed by atoms with Crippen LogP contribution in [0.25, 0.3) is 10.9 Å². The van der Waals surface area contributed by atoms with Crippen LogP contribution in [-0.2, 0) is 9.53 Å². The number of ether oxygens (including phenoxy) is 1. The van der Waals surface area contributed by atoms with Gasteiger partial charge in [-0.1, -0.05) is 18.2 Å². The van der Waals surface area contributed by atoms with Crippen LogP contribution >= 0.6 is 0 Å². The quantitative estimate of drug-likeness (QED) is 0.763. The highest BCUT2D eigenvalue weighted by Crippen LogP contribution is 2.23. The summed E-state index contributed by atoms with van der Waals surface area (Å²) in [5.41, 5.74) is 1.04. The minimum Gasteiger partial charge on any atom is -0.469 e. The van der Waals surface area contributed by atoms with Crippen LogP contribution in [-0.4, -0.2) is 22.9 Å². The molecule has 0 N–H and O–H groups in total. The SMILES string of the molecule is COC(=O)C(C)C(C)n1ncc2ccccc21. The summed E-state index contributed by atoms with van der Waals surface area (Å²) in [5, 5.41) is 5.42. The van der Waals surface area contributed by atoms with Crippen molar-refractivity contribution >= 4 is 16.9 Å². The fraction of sp³-hybridized carbons (Fsp3) is 0.385. The number of carbonyl (C=O) groups is 1. The standard InChI is InChI=1S/C13H16N2O2/c1-9(13(16)17-3)10(2)15-12-7-5-4-6-11(12)8-14-15/h4-10H,1-3H3. The third kappa shape index (κ3) is 2.02. The van der Waals surface area contributed by atoms with Crippen molar-refractivity contribution < 1.29 is 9.53 Å². The van der Waals surface area contributed by atoms with Gasteiger partial charge in [-0.15, -0.1) is 0 Å². The average Bonchev–Trinajstić information content (AvgIpc) is 2.79. The Balaban J connectivity index is 2.36. The first kappa shape index (κ1) is 11.6. The topological polar surface area (TPSA) is 44.1 Å². The van der Waals surface area contributed by atoms with Gasteiger partial charge < -0.3 is 4.74 Å². The van der Waals surface area contributed by atoms with Crippen LogP contribution in [0.4, 0.5) is 0 Å². The molecule has 2 rings (SSSR count). The maximum absolute atomic E-state index is 11.5. The molecule has 0 radical (unpaired) electrons. The highest BCUT2D eigenvalue weighted by atomic mass is 16.5. The van der Waals surface area contributed by atoms with Gasteiger partial charge in [0, 0.05) is 5.39 Å². The van der Waals surface area contributed by atoms with Crippen molar-refractivity contribution in [3.05, 3.63) is 30.5 Å². The predicted octanol–water partition coefficient (Wildman–Crippen LogP) is 2.41. The Bertz CT molecular complexity index is 533. The zero-order valence-electron chi connectivity index (χ0n) is 10.3. The Morgan fingerprint density at radius 3 is 2.76 bits per heavy atom. The highest BCUT2D eigenvalue weighted by Gasteiger charge is 2.23. The zero-order valence-corrected chi connectivity index (χ0v) is 10.3. The Morgan fingerprint density at radius 2 is 2.06 bits per heavy atom. The lowest BCUT2D eigenvalue weighted by molar-refractivity contribution is -0.146. The predicted molar refractivity (Wildman–Crippen MR) is 65.6 cm³/mol. The lowest BCUT2D eigenvalue weighted by Crippen LogP contribution is -2.23. The molecule has 0 aliphatic heterocycles. The van der Waals surface area contributed by atoms with Crippen LogP contribution in [0.1, 0.15) is 19.9 Å². The molecule has 1 aromatic carbocycles. The molecule has 0 spiro atoms. The molecule has 0 amide bonds. The number of aromatic nitrogens is 2. The third-order valence-electron chi connectivity index (χ3n) is 3.19. The lowest BCUT2D eigenvalue weighted by Gasteiger charge is -2.19. The molecule has 1 heterocycles. The number of esters is 1. The highest BCUT2D eigenvalue weighted by molar-refractivity contribution is 5.79. The second-order valence-electron chi connectivity index (χ2n) is 4.20. The smallest absolute Gasteiger partial charge is 0.310 e. The summed E-state index contributed by atoms with van der Waals surface area (Å²) in [4.78, 5) is 11.5. The van der Waals surface area contributed by atoms with Crippen LogP contribution in [0.3, 0.4) is 0 Å². The van der Waals surface area contributed by atoms with Crippen LogP contribution in [0.5, 0.6) is 0 Å². The van der Waals surface area contributed by atoms with Crippen molar-refractivity contribution in [2.75, 3.05) is 7.11 Å². The molecule has 0 fully saturated rings. The summed E-state index contributed by atoms with van der Waals surface area (Å²) < 4.78 is 6.64. The van der Waals surface area contributed by atoms with Gasteiger partial charge in [-0.25, -0.2) is 0 Å². The molecule has 0 bridgehead atoms. The monoisotopic (exact) mass is 232 g/mol. The average molecular weight is 232 g/mol. The molecule has 2 aromatic rings. The summed E-state index contributed by atoms with van der Waals surface area (Å²) in [6.45, 7) is 3.83. The Kier molecular flexibility index (Phi) is 3.13. The summed E-state index contributed by atoms with van der Waals surface area (Å²) in [6, 6.07) is 7.93. The van der Waals surface area contributed by atoms with Gasteiger partial charge in [0.05, 0.1) is 30.8 Å². The molecule has 1 aromatic heterocycles. The number of rotatable bonds is 3. The van der Waals surface area contributed by atoms with Crippen molar-refractivity contribution in [2.45, 2.75) is 19.9 Å². The first-order valence-electron chi connectivity index (χ1n) is 5.65. The van der Waals surface area contributed by atoms with E-state index in [0.29, 0.717) is 0 Å². The maximum Gasteiger partial charge on any atom is 0.310 e. The van der Waals surface area contributed by atoms with Crippen molar-refractivity contribution in [3.63, 3.8) is 0 Å². The van der Waals surface area contributed by atoms with Crippen LogP contribution in [0.2, 0.25) is 0 Å². The van der Waals surface area contributed by atoms with Gasteiger partial charge >= 0.3 is 5.97 Å². The maximum atomic E-state index is 11.5. The molecule has 0 saturated heterocycles. The minimum absolute atomic E-state index is 0.0256. The number of hydrogen-bond donors (Lipinski definition) is 0. The number of fused-ring (bicyclic) bond motifs is 1. The molecule has 4 nitrogen and oxygen atoms in total. The van der Waals surface area contributed by atoms with Crippen LogP contribution in [0.15, 0.2) is 30.5 Å². The van der Waals surface area contributed by atoms with E-state index >= 15 is 0 Å². The van der Waals surface area contributed by atoms with Gasteiger partial charge in [0.15, 0.2) is 0 Å². The van der Waals surface area contributed by atoms with E-state index in [1.807, 2.05) is 49.0 Å². The summed E-state index contributed by atoms with van der Waals surface area (Å²) in [6.07, 6.45) is 1.82. The van der Waals surface area contributed by atoms with Crippen molar-refractivity contribution in [3.8, 4) is 0 Å². The van der Waals surface area contributed by atoms with E-state index in [1.54, 1.807) is 0 Å². The van der Waals surface area contributed by atoms with E-state index in [2.05, 4.69) is 5.10 Å². The second-order valence-corrected chi connectivity index (χ2v) is 4.20. The van der Waals surface area contributed by atoms with Gasteiger partial charge in [-0.3, -0.25) is 9.48 Å². The number of nitrogens with zero attached hydrogens (tertiary/aromatic N) is 2. The number of methoxy groups -OCH3 is 1. The molecule has 2 atom stereocenters. The summed E-state index contributed by atoms with van der Waals surface area (Å²) in [5.74, 6) is -0.430. The van der Waals surface area contributed by atoms with Crippen molar-refractivity contribution in [2.24, 2.45) is 5.92 Å². The van der Waals surface area contributed by atoms with Crippen LogP contribution < -0.4 is 0 Å². The molecular weight excluding hydrogens is 216 g/mol. The third-order valence-corrected chi connectivity index (χ3v) is 3.19. The normalized spacial score (nSPS) is 14.5. The molecular formula is C13H16N2O2. The Hall–Kier alpha value is -1.84. The fourth-order valence-electron chi connectivity index (χ4n) is 1.91. The molecule has 0 saturated carbocycles. The number of para-hydroxylation sites is 1. The summed E-state index contributed by atoms with van der Waals surface area (Å²) in [7, 11) is 1.41. The van der Waals surface area contributed by atoms with E-state index in [1.165, 1.54) is 7.11 Å². The minimum atomic E-state index is -0.219. The number of carbonyl (C=O) groups excluding carboxylic acids is 1. The zero-order chi connectivity index (χ0) is 12.4. The van der Waals surface area contributed by atoms with Gasteiger partial charge in [0.2, 0.25) is 0 Å². The van der Waals surface area contributed by atoms with E-state index in [4.69, 9.17) is 4.74 Å². The first-order valence-corrected chi connectivity index (χ1v) is 5.65. The van der Waals surface area contributed by atoms with Gasteiger partial charge in [0.1, 0.15) is 0 Å². The number of benzene rings is 1. The molecule has 4 heteroatoms. The molecule has 0 aliphatic rings. The molecule has 90 valence electrons. The fourth-order valence-corrected chi connectivity index (χ4v) is 1.91. The Morgan fingerprint density at radius 1 is 1.35 bits per heavy atom. The van der Waals surface area contributed by atoms with E-state index in [-0.39, 0.29) is 17.9 Å². The molecule has 17 heavy (non-hydrogen) atoms. The van der Waals surface area contributed by atoms with E-state index in [0.717, 1.165) is 10.9 Å².